The number of esters is 2. The quantitative estimate of drug-likeness (QED) is 0.0386. The van der Waals surface area contributed by atoms with E-state index >= 15 is 0 Å². The van der Waals surface area contributed by atoms with Crippen LogP contribution in [0.1, 0.15) is 88.1 Å². The average Bonchev–Trinajstić information content (AvgIpc) is 3.34. The highest BCUT2D eigenvalue weighted by Crippen LogP contribution is 2.34. The van der Waals surface area contributed by atoms with Gasteiger partial charge in [0.1, 0.15) is 22.1 Å². The van der Waals surface area contributed by atoms with Crippen LogP contribution in [0.15, 0.2) is 109 Å². The van der Waals surface area contributed by atoms with Crippen LogP contribution < -0.4 is 21.7 Å². The predicted octanol–water partition coefficient (Wildman–Crippen LogP) is 13.7. The maximum Gasteiger partial charge on any atom is 0.417 e. The van der Waals surface area contributed by atoms with Gasteiger partial charge in [0.2, 0.25) is 0 Å². The summed E-state index contributed by atoms with van der Waals surface area (Å²) in [4.78, 5) is 47.3. The molecule has 10 nitrogen and oxygen atoms in total. The summed E-state index contributed by atoms with van der Waals surface area (Å²) in [5.41, 5.74) is 5.14. The van der Waals surface area contributed by atoms with Gasteiger partial charge in [-0.05, 0) is 104 Å². The van der Waals surface area contributed by atoms with E-state index in [-0.39, 0.29) is 78.1 Å². The van der Waals surface area contributed by atoms with Crippen LogP contribution in [-0.4, -0.2) is 65.4 Å². The van der Waals surface area contributed by atoms with Crippen molar-refractivity contribution in [2.75, 3.05) is 19.5 Å². The molecule has 2 unspecified atom stereocenters. The SMILES string of the molecule is C.COC(=O)C(CC1CCC(N)CC1)NC(=S)c1ccccc1C(F)(F)F.COC(=O)C(Cc1ccc(NC(=O)c2c(Cl)cccc2Cl)cc1)NC(=S)c1ccccc1C(F)(F)F.O=C(Cl)c1c(Cl)cccc1Cl. The van der Waals surface area contributed by atoms with Gasteiger partial charge in [-0.2, -0.15) is 26.3 Å². The summed E-state index contributed by atoms with van der Waals surface area (Å²) in [5, 5.41) is 8.46. The Morgan fingerprint density at radius 3 is 1.43 bits per heavy atom. The Balaban J connectivity index is 0.000000330. The number of thiocarbonyl (C=S) groups is 2. The molecule has 74 heavy (non-hydrogen) atoms. The number of anilines is 1. The van der Waals surface area contributed by atoms with Crippen molar-refractivity contribution in [3.63, 3.8) is 0 Å². The molecule has 6 rings (SSSR count). The zero-order valence-electron chi connectivity index (χ0n) is 38.4. The fourth-order valence-corrected chi connectivity index (χ4v) is 9.41. The molecule has 0 aliphatic heterocycles. The van der Waals surface area contributed by atoms with Crippen LogP contribution in [0.4, 0.5) is 32.0 Å². The lowest BCUT2D eigenvalue weighted by Crippen LogP contribution is -2.43. The summed E-state index contributed by atoms with van der Waals surface area (Å²) >= 11 is 39.0. The fourth-order valence-electron chi connectivity index (χ4n) is 7.33. The van der Waals surface area contributed by atoms with E-state index in [0.717, 1.165) is 37.8 Å². The molecule has 0 bridgehead atoms. The Labute approximate surface area is 459 Å². The molecule has 0 aromatic heterocycles. The molecule has 398 valence electrons. The number of hydrogen-bond donors (Lipinski definition) is 4. The first kappa shape index (κ1) is 63.2. The highest BCUT2D eigenvalue weighted by molar-refractivity contribution is 7.81. The molecule has 0 spiro atoms. The van der Waals surface area contributed by atoms with Crippen LogP contribution in [-0.2, 0) is 37.8 Å². The van der Waals surface area contributed by atoms with E-state index in [9.17, 15) is 45.5 Å². The van der Waals surface area contributed by atoms with E-state index in [2.05, 4.69) is 16.0 Å². The second kappa shape index (κ2) is 29.3. The van der Waals surface area contributed by atoms with Crippen molar-refractivity contribution in [1.29, 1.82) is 0 Å². The first-order chi connectivity index (χ1) is 34.4. The summed E-state index contributed by atoms with van der Waals surface area (Å²) in [6.07, 6.45) is -5.12. The zero-order chi connectivity index (χ0) is 54.2. The topological polar surface area (TPSA) is 149 Å². The van der Waals surface area contributed by atoms with Gasteiger partial charge in [-0.1, -0.05) is 139 Å². The van der Waals surface area contributed by atoms with Crippen molar-refractivity contribution in [2.24, 2.45) is 11.7 Å². The minimum Gasteiger partial charge on any atom is -0.467 e. The number of alkyl halides is 6. The second-order valence-corrected chi connectivity index (χ2v) is 18.8. The Kier molecular flexibility index (Phi) is 25.0. The molecule has 0 radical (unpaired) electrons. The molecule has 0 saturated heterocycles. The minimum atomic E-state index is -4.61. The number of methoxy groups -OCH3 is 2. The Hall–Kier alpha value is -5.05. The van der Waals surface area contributed by atoms with Crippen molar-refractivity contribution in [3.05, 3.63) is 168 Å². The number of rotatable bonds is 13. The van der Waals surface area contributed by atoms with E-state index in [1.165, 1.54) is 50.6 Å². The molecule has 23 heteroatoms. The Bertz CT molecular complexity index is 2720. The van der Waals surface area contributed by atoms with Crippen LogP contribution in [0.2, 0.25) is 20.1 Å². The molecular formula is C51H49Cl5F6N4O6S2. The molecule has 5 N–H and O–H groups in total. The molecule has 1 aliphatic carbocycles. The molecule has 0 heterocycles. The van der Waals surface area contributed by atoms with Gasteiger partial charge in [0.05, 0.1) is 56.6 Å². The lowest BCUT2D eigenvalue weighted by molar-refractivity contribution is -0.143. The van der Waals surface area contributed by atoms with Crippen molar-refractivity contribution >= 4 is 121 Å². The third-order valence-electron chi connectivity index (χ3n) is 11.0. The number of halogens is 11. The number of benzene rings is 5. The van der Waals surface area contributed by atoms with Crippen molar-refractivity contribution in [2.45, 2.75) is 76.4 Å². The monoisotopic (exact) mass is 1170 g/mol. The third kappa shape index (κ3) is 18.7. The van der Waals surface area contributed by atoms with Gasteiger partial charge in [0.25, 0.3) is 11.1 Å². The first-order valence-electron chi connectivity index (χ1n) is 21.7. The lowest BCUT2D eigenvalue weighted by atomic mass is 9.82. The molecule has 1 fully saturated rings. The lowest BCUT2D eigenvalue weighted by Gasteiger charge is -2.29. The molecular weight excluding hydrogens is 1120 g/mol. The number of hydrogen-bond acceptors (Lipinski definition) is 9. The highest BCUT2D eigenvalue weighted by atomic mass is 35.5. The molecule has 1 saturated carbocycles. The van der Waals surface area contributed by atoms with E-state index in [0.29, 0.717) is 17.7 Å². The Morgan fingerprint density at radius 1 is 0.622 bits per heavy atom. The van der Waals surface area contributed by atoms with Crippen molar-refractivity contribution in [1.82, 2.24) is 10.6 Å². The van der Waals surface area contributed by atoms with Gasteiger partial charge in [-0.3, -0.25) is 9.59 Å². The van der Waals surface area contributed by atoms with Crippen LogP contribution in [0.25, 0.3) is 0 Å². The Morgan fingerprint density at radius 2 is 1.03 bits per heavy atom. The van der Waals surface area contributed by atoms with Gasteiger partial charge in [0.15, 0.2) is 0 Å². The summed E-state index contributed by atoms with van der Waals surface area (Å²) in [7, 11) is 2.42. The van der Waals surface area contributed by atoms with Gasteiger partial charge in [0, 0.05) is 29.3 Å². The van der Waals surface area contributed by atoms with Crippen LogP contribution in [0.5, 0.6) is 0 Å². The summed E-state index contributed by atoms with van der Waals surface area (Å²) < 4.78 is 89.3. The molecule has 1 amide bonds. The number of ether oxygens (including phenoxy) is 2. The van der Waals surface area contributed by atoms with Crippen LogP contribution >= 0.6 is 82.4 Å². The summed E-state index contributed by atoms with van der Waals surface area (Å²) in [5.74, 6) is -1.48. The van der Waals surface area contributed by atoms with E-state index in [1.54, 1.807) is 60.7 Å². The number of carbonyl (C=O) groups excluding carboxylic acids is 4. The zero-order valence-corrected chi connectivity index (χ0v) is 43.9. The van der Waals surface area contributed by atoms with Gasteiger partial charge < -0.3 is 31.2 Å². The standard InChI is InChI=1S/C25H19Cl2F3N2O3S.C18H23F3N2O2S.C7H3Cl3O.CH4/c1-35-24(34)20(32-23(36)16-5-2-3-6-17(16)25(28,29)30)13-14-9-11-15(12-10-14)31-22(33)21-18(26)7-4-8-19(21)27;1-25-17(24)15(10-11-6-8-12(22)9-7-11)23-16(26)13-4-2-3-5-14(13)18(19,20)21;8-4-2-1-3-5(9)6(4)7(10)11;/h2-12,20H,13H2,1H3,(H,31,33)(H,32,36);2-5,11-12,15H,6-10,22H2,1H3,(H,23,26);1-3H;1H4. The van der Waals surface area contributed by atoms with Crippen LogP contribution in [0.3, 0.4) is 0 Å². The van der Waals surface area contributed by atoms with E-state index in [1.807, 2.05) is 0 Å². The van der Waals surface area contributed by atoms with Crippen molar-refractivity contribution < 1.29 is 55.0 Å². The maximum atomic E-state index is 13.4. The largest absolute Gasteiger partial charge is 0.467 e. The smallest absolute Gasteiger partial charge is 0.417 e. The van der Waals surface area contributed by atoms with Crippen molar-refractivity contribution in [3.8, 4) is 0 Å². The summed E-state index contributed by atoms with van der Waals surface area (Å²) in [6.45, 7) is 0. The highest BCUT2D eigenvalue weighted by Gasteiger charge is 2.36. The normalized spacial score (nSPS) is 14.9. The fraction of sp³-hybridized carbons (Fsp3) is 0.294. The maximum absolute atomic E-state index is 13.4. The second-order valence-electron chi connectivity index (χ2n) is 16.0. The number of nitrogens with one attached hydrogen (secondary N) is 3. The predicted molar refractivity (Wildman–Crippen MR) is 287 cm³/mol. The molecule has 5 aromatic carbocycles. The van der Waals surface area contributed by atoms with Gasteiger partial charge in [-0.15, -0.1) is 0 Å². The van der Waals surface area contributed by atoms with E-state index < -0.39 is 58.7 Å². The number of amides is 1. The first-order valence-corrected chi connectivity index (χ1v) is 24.4. The third-order valence-corrected chi connectivity index (χ3v) is 13.1. The van der Waals surface area contributed by atoms with E-state index in [4.69, 9.17) is 97.6 Å². The van der Waals surface area contributed by atoms with Crippen LogP contribution in [0, 0.1) is 5.92 Å². The molecule has 1 aliphatic rings. The summed E-state index contributed by atoms with van der Waals surface area (Å²) in [6, 6.07) is 24.2. The minimum absolute atomic E-state index is 0. The molecule has 2 atom stereocenters. The van der Waals surface area contributed by atoms with Gasteiger partial charge in [-0.25, -0.2) is 9.59 Å². The number of nitrogens with two attached hydrogens (primary N) is 1. The molecule has 5 aromatic rings. The van der Waals surface area contributed by atoms with Gasteiger partial charge >= 0.3 is 24.3 Å². The average molecular weight is 1170 g/mol. The number of carbonyl (C=O) groups is 4.